The third-order valence-corrected chi connectivity index (χ3v) is 2.55. The molecule has 0 amide bonds. The summed E-state index contributed by atoms with van der Waals surface area (Å²) in [4.78, 5) is 1.70. The fourth-order valence-electron chi connectivity index (χ4n) is 1.65. The maximum atomic E-state index is 13.5. The van der Waals surface area contributed by atoms with Gasteiger partial charge in [0.05, 0.1) is 11.8 Å². The maximum Gasteiger partial charge on any atom is 0.169 e. The van der Waals surface area contributed by atoms with Crippen LogP contribution in [-0.4, -0.2) is 17.2 Å². The second kappa shape index (κ2) is 5.23. The van der Waals surface area contributed by atoms with Gasteiger partial charge in [-0.1, -0.05) is 18.2 Å². The van der Waals surface area contributed by atoms with Gasteiger partial charge in [-0.25, -0.2) is 4.39 Å². The van der Waals surface area contributed by atoms with E-state index in [1.54, 1.807) is 36.2 Å². The first-order chi connectivity index (χ1) is 8.72. The van der Waals surface area contributed by atoms with Gasteiger partial charge in [-0.2, -0.15) is 10.4 Å². The number of hydrogen-bond acceptors (Lipinski definition) is 4. The number of anilines is 1. The Hall–Kier alpha value is -2.48. The summed E-state index contributed by atoms with van der Waals surface area (Å²) in [6.07, 6.45) is 1.46. The molecule has 0 radical (unpaired) electrons. The lowest BCUT2D eigenvalue weighted by molar-refractivity contribution is 0.607. The molecular weight excluding hydrogens is 231 g/mol. The molecule has 1 aromatic heterocycles. The van der Waals surface area contributed by atoms with Crippen molar-refractivity contribution in [1.29, 1.82) is 5.26 Å². The van der Waals surface area contributed by atoms with Gasteiger partial charge in [-0.3, -0.25) is 0 Å². The first-order valence-corrected chi connectivity index (χ1v) is 5.38. The minimum absolute atomic E-state index is 0.272. The van der Waals surface area contributed by atoms with Crippen LogP contribution in [0.4, 0.5) is 10.2 Å². The van der Waals surface area contributed by atoms with Crippen LogP contribution in [0.2, 0.25) is 0 Å². The van der Waals surface area contributed by atoms with Crippen LogP contribution in [-0.2, 0) is 6.54 Å². The number of nitriles is 1. The number of halogens is 1. The molecule has 5 heteroatoms. The summed E-state index contributed by atoms with van der Waals surface area (Å²) in [6.45, 7) is 0.333. The first kappa shape index (κ1) is 12.0. The molecule has 0 bridgehead atoms. The molecular formula is C13H11FN4. The van der Waals surface area contributed by atoms with Gasteiger partial charge in [0.25, 0.3) is 0 Å². The van der Waals surface area contributed by atoms with E-state index in [4.69, 9.17) is 5.26 Å². The van der Waals surface area contributed by atoms with Gasteiger partial charge in [0, 0.05) is 19.2 Å². The molecule has 4 nitrogen and oxygen atoms in total. The molecule has 0 saturated heterocycles. The van der Waals surface area contributed by atoms with Gasteiger partial charge >= 0.3 is 0 Å². The van der Waals surface area contributed by atoms with Crippen molar-refractivity contribution in [2.24, 2.45) is 0 Å². The summed E-state index contributed by atoms with van der Waals surface area (Å²) in [5, 5.41) is 16.6. The molecule has 0 unspecified atom stereocenters. The zero-order valence-corrected chi connectivity index (χ0v) is 9.84. The highest BCUT2D eigenvalue weighted by Crippen LogP contribution is 2.17. The van der Waals surface area contributed by atoms with E-state index < -0.39 is 0 Å². The third kappa shape index (κ3) is 2.43. The van der Waals surface area contributed by atoms with Crippen LogP contribution in [0.15, 0.2) is 36.5 Å². The fraction of sp³-hybridized carbons (Fsp3) is 0.154. The summed E-state index contributed by atoms with van der Waals surface area (Å²) in [7, 11) is 1.75. The van der Waals surface area contributed by atoms with Crippen molar-refractivity contribution < 1.29 is 4.39 Å². The molecule has 0 aliphatic heterocycles. The smallest absolute Gasteiger partial charge is 0.169 e. The Kier molecular flexibility index (Phi) is 3.49. The van der Waals surface area contributed by atoms with Crippen molar-refractivity contribution in [3.63, 3.8) is 0 Å². The lowest BCUT2D eigenvalue weighted by Crippen LogP contribution is -2.20. The largest absolute Gasteiger partial charge is 0.353 e. The van der Waals surface area contributed by atoms with E-state index in [1.165, 1.54) is 12.3 Å². The van der Waals surface area contributed by atoms with Crippen molar-refractivity contribution in [2.75, 3.05) is 11.9 Å². The molecule has 0 spiro atoms. The summed E-state index contributed by atoms with van der Waals surface area (Å²) in [6, 6.07) is 10.1. The number of benzene rings is 1. The highest BCUT2D eigenvalue weighted by Gasteiger charge is 2.11. The Morgan fingerprint density at radius 1 is 1.33 bits per heavy atom. The van der Waals surface area contributed by atoms with E-state index in [2.05, 4.69) is 10.2 Å². The summed E-state index contributed by atoms with van der Waals surface area (Å²) < 4.78 is 13.5. The fourth-order valence-corrected chi connectivity index (χ4v) is 1.65. The molecule has 2 rings (SSSR count). The number of rotatable bonds is 3. The Morgan fingerprint density at radius 3 is 2.83 bits per heavy atom. The van der Waals surface area contributed by atoms with Gasteiger partial charge in [0.2, 0.25) is 0 Å². The minimum atomic E-state index is -0.272. The van der Waals surface area contributed by atoms with Crippen molar-refractivity contribution in [3.8, 4) is 6.07 Å². The predicted molar refractivity (Wildman–Crippen MR) is 65.3 cm³/mol. The second-order valence-corrected chi connectivity index (χ2v) is 3.83. The predicted octanol–water partition coefficient (Wildman–Crippen LogP) is 2.12. The van der Waals surface area contributed by atoms with Crippen LogP contribution in [0.1, 0.15) is 11.1 Å². The number of nitrogens with zero attached hydrogens (tertiary/aromatic N) is 4. The minimum Gasteiger partial charge on any atom is -0.353 e. The Bertz CT molecular complexity index is 592. The van der Waals surface area contributed by atoms with E-state index >= 15 is 0 Å². The van der Waals surface area contributed by atoms with Gasteiger partial charge in [-0.05, 0) is 12.1 Å². The van der Waals surface area contributed by atoms with Crippen molar-refractivity contribution >= 4 is 5.82 Å². The molecule has 90 valence electrons. The summed E-state index contributed by atoms with van der Waals surface area (Å²) in [5.74, 6) is 0.176. The van der Waals surface area contributed by atoms with Crippen LogP contribution in [0, 0.1) is 17.1 Å². The number of aromatic nitrogens is 2. The summed E-state index contributed by atoms with van der Waals surface area (Å²) in [5.41, 5.74) is 0.971. The normalized spacial score (nSPS) is 9.83. The standard InChI is InChI=1S/C13H11FN4/c1-18(9-11-4-2-3-5-12(11)14)13-10(8-15)6-7-16-17-13/h2-7H,9H2,1H3. The molecule has 1 aromatic carbocycles. The van der Waals surface area contributed by atoms with E-state index in [-0.39, 0.29) is 5.82 Å². The molecule has 2 aromatic rings. The Balaban J connectivity index is 2.26. The average Bonchev–Trinajstić information content (AvgIpc) is 2.41. The molecule has 0 saturated carbocycles. The monoisotopic (exact) mass is 242 g/mol. The Morgan fingerprint density at radius 2 is 2.11 bits per heavy atom. The van der Waals surface area contributed by atoms with Crippen molar-refractivity contribution in [3.05, 3.63) is 53.5 Å². The van der Waals surface area contributed by atoms with Crippen LogP contribution >= 0.6 is 0 Å². The van der Waals surface area contributed by atoms with E-state index in [1.807, 2.05) is 6.07 Å². The van der Waals surface area contributed by atoms with Crippen LogP contribution < -0.4 is 4.90 Å². The zero-order valence-electron chi connectivity index (χ0n) is 9.84. The lowest BCUT2D eigenvalue weighted by atomic mass is 10.2. The van der Waals surface area contributed by atoms with E-state index in [9.17, 15) is 4.39 Å². The quantitative estimate of drug-likeness (QED) is 0.827. The third-order valence-electron chi connectivity index (χ3n) is 2.55. The second-order valence-electron chi connectivity index (χ2n) is 3.83. The first-order valence-electron chi connectivity index (χ1n) is 5.38. The van der Waals surface area contributed by atoms with Crippen LogP contribution in [0.25, 0.3) is 0 Å². The highest BCUT2D eigenvalue weighted by molar-refractivity contribution is 5.52. The number of hydrogen-bond donors (Lipinski definition) is 0. The lowest BCUT2D eigenvalue weighted by Gasteiger charge is -2.18. The van der Waals surface area contributed by atoms with Gasteiger partial charge in [0.15, 0.2) is 5.82 Å². The average molecular weight is 242 g/mol. The van der Waals surface area contributed by atoms with Gasteiger partial charge in [0.1, 0.15) is 11.9 Å². The summed E-state index contributed by atoms with van der Waals surface area (Å²) >= 11 is 0. The van der Waals surface area contributed by atoms with Crippen molar-refractivity contribution in [2.45, 2.75) is 6.54 Å². The van der Waals surface area contributed by atoms with Gasteiger partial charge in [-0.15, -0.1) is 5.10 Å². The maximum absolute atomic E-state index is 13.5. The molecule has 18 heavy (non-hydrogen) atoms. The topological polar surface area (TPSA) is 52.8 Å². The van der Waals surface area contributed by atoms with Crippen LogP contribution in [0.3, 0.4) is 0 Å². The molecule has 0 aliphatic carbocycles. The van der Waals surface area contributed by atoms with E-state index in [0.29, 0.717) is 23.5 Å². The zero-order chi connectivity index (χ0) is 13.0. The Labute approximate surface area is 104 Å². The van der Waals surface area contributed by atoms with Crippen LogP contribution in [0.5, 0.6) is 0 Å². The molecule has 0 fully saturated rings. The molecule has 0 aliphatic rings. The SMILES string of the molecule is CN(Cc1ccccc1F)c1nnccc1C#N. The molecule has 0 N–H and O–H groups in total. The van der Waals surface area contributed by atoms with Gasteiger partial charge < -0.3 is 4.90 Å². The molecule has 0 atom stereocenters. The molecule has 1 heterocycles. The highest BCUT2D eigenvalue weighted by atomic mass is 19.1. The van der Waals surface area contributed by atoms with E-state index in [0.717, 1.165) is 0 Å². The van der Waals surface area contributed by atoms with Crippen molar-refractivity contribution in [1.82, 2.24) is 10.2 Å².